The van der Waals surface area contributed by atoms with Crippen molar-refractivity contribution in [1.29, 1.82) is 0 Å². The Labute approximate surface area is 159 Å². The molecule has 0 unspecified atom stereocenters. The van der Waals surface area contributed by atoms with Crippen LogP contribution in [0, 0.1) is 6.92 Å². The van der Waals surface area contributed by atoms with Gasteiger partial charge in [0.1, 0.15) is 5.52 Å². The maximum atomic E-state index is 11.9. The minimum absolute atomic E-state index is 0.232. The molecule has 2 aromatic heterocycles. The van der Waals surface area contributed by atoms with Gasteiger partial charge in [0.05, 0.1) is 15.7 Å². The number of ketones is 1. The molecule has 3 rings (SSSR count). The van der Waals surface area contributed by atoms with Gasteiger partial charge in [0.25, 0.3) is 0 Å². The lowest BCUT2D eigenvalue weighted by molar-refractivity contribution is -0.144. The molecule has 0 aliphatic heterocycles. The molecule has 3 aromatic rings. The third-order valence-electron chi connectivity index (χ3n) is 3.57. The van der Waals surface area contributed by atoms with Crippen LogP contribution in [-0.2, 0) is 9.53 Å². The lowest BCUT2D eigenvalue weighted by Crippen LogP contribution is -2.20. The molecule has 2 heterocycles. The number of rotatable bonds is 6. The number of Topliss-reactive ketones (excluding diaryl/α,β-unsaturated/α-hetero) is 1. The zero-order chi connectivity index (χ0) is 18.7. The monoisotopic (exact) mass is 392 g/mol. The Balaban J connectivity index is 1.68. The van der Waals surface area contributed by atoms with Gasteiger partial charge in [0, 0.05) is 17.3 Å². The van der Waals surface area contributed by atoms with E-state index in [-0.39, 0.29) is 23.2 Å². The molecule has 0 atom stereocenters. The summed E-state index contributed by atoms with van der Waals surface area (Å²) < 4.78 is 10.4. The standard InChI is InChI=1S/C18H14Cl2N2O4/c1-10-4-5-11-12(19)7-13(20)18(17(11)22-10)26-9-16(24)25-8-15(23)14-3-2-6-21-14/h2-7,21H,8-9H2,1H3. The molecular weight excluding hydrogens is 379 g/mol. The molecule has 0 aliphatic rings. The SMILES string of the molecule is Cc1ccc2c(Cl)cc(Cl)c(OCC(=O)OCC(=O)c3ccc[nH]3)c2n1. The molecule has 0 saturated carbocycles. The molecule has 0 radical (unpaired) electrons. The second kappa shape index (κ2) is 7.76. The van der Waals surface area contributed by atoms with Crippen LogP contribution in [0.3, 0.4) is 0 Å². The molecule has 0 bridgehead atoms. The number of carbonyl (C=O) groups excluding carboxylic acids is 2. The summed E-state index contributed by atoms with van der Waals surface area (Å²) in [6, 6.07) is 8.42. The number of esters is 1. The quantitative estimate of drug-likeness (QED) is 0.506. The highest BCUT2D eigenvalue weighted by Crippen LogP contribution is 2.37. The molecular formula is C18H14Cl2N2O4. The fraction of sp³-hybridized carbons (Fsp3) is 0.167. The van der Waals surface area contributed by atoms with Gasteiger partial charge in [-0.1, -0.05) is 23.2 Å². The molecule has 8 heteroatoms. The predicted octanol–water partition coefficient (Wildman–Crippen LogP) is 3.98. The first kappa shape index (κ1) is 18.2. The number of fused-ring (bicyclic) bond motifs is 1. The van der Waals surface area contributed by atoms with Crippen LogP contribution in [0.2, 0.25) is 10.0 Å². The number of ether oxygens (including phenoxy) is 2. The van der Waals surface area contributed by atoms with Gasteiger partial charge in [-0.3, -0.25) is 4.79 Å². The Morgan fingerprint density at radius 1 is 1.15 bits per heavy atom. The molecule has 1 aromatic carbocycles. The number of hydrogen-bond acceptors (Lipinski definition) is 5. The minimum Gasteiger partial charge on any atom is -0.478 e. The summed E-state index contributed by atoms with van der Waals surface area (Å²) in [6.07, 6.45) is 1.61. The number of aromatic nitrogens is 2. The zero-order valence-corrected chi connectivity index (χ0v) is 15.2. The van der Waals surface area contributed by atoms with Crippen molar-refractivity contribution >= 4 is 45.9 Å². The number of nitrogens with one attached hydrogen (secondary N) is 1. The first-order valence-corrected chi connectivity index (χ1v) is 8.41. The maximum absolute atomic E-state index is 11.9. The summed E-state index contributed by atoms with van der Waals surface area (Å²) in [5.74, 6) is -0.797. The van der Waals surface area contributed by atoms with Crippen LogP contribution >= 0.6 is 23.2 Å². The van der Waals surface area contributed by atoms with E-state index >= 15 is 0 Å². The smallest absolute Gasteiger partial charge is 0.344 e. The van der Waals surface area contributed by atoms with Crippen LogP contribution < -0.4 is 4.74 Å². The summed E-state index contributed by atoms with van der Waals surface area (Å²) >= 11 is 12.4. The van der Waals surface area contributed by atoms with Gasteiger partial charge in [-0.15, -0.1) is 0 Å². The van der Waals surface area contributed by atoms with Crippen LogP contribution in [-0.4, -0.2) is 34.9 Å². The highest BCUT2D eigenvalue weighted by molar-refractivity contribution is 6.39. The average molecular weight is 393 g/mol. The zero-order valence-electron chi connectivity index (χ0n) is 13.7. The van der Waals surface area contributed by atoms with Gasteiger partial charge >= 0.3 is 5.97 Å². The molecule has 26 heavy (non-hydrogen) atoms. The summed E-state index contributed by atoms with van der Waals surface area (Å²) in [4.78, 5) is 30.8. The van der Waals surface area contributed by atoms with Crippen LogP contribution in [0.1, 0.15) is 16.2 Å². The number of aromatic amines is 1. The summed E-state index contributed by atoms with van der Waals surface area (Å²) in [7, 11) is 0. The van der Waals surface area contributed by atoms with Crippen LogP contribution in [0.15, 0.2) is 36.5 Å². The molecule has 1 N–H and O–H groups in total. The van der Waals surface area contributed by atoms with Crippen molar-refractivity contribution in [1.82, 2.24) is 9.97 Å². The number of hydrogen-bond donors (Lipinski definition) is 1. The predicted molar refractivity (Wildman–Crippen MR) is 98.1 cm³/mol. The number of benzene rings is 1. The Morgan fingerprint density at radius 3 is 2.69 bits per heavy atom. The van der Waals surface area contributed by atoms with E-state index in [9.17, 15) is 9.59 Å². The fourth-order valence-corrected chi connectivity index (χ4v) is 2.90. The van der Waals surface area contributed by atoms with Crippen LogP contribution in [0.5, 0.6) is 5.75 Å². The second-order valence-electron chi connectivity index (χ2n) is 5.47. The number of halogens is 2. The number of aryl methyl sites for hydroxylation is 1. The Hall–Kier alpha value is -2.57. The molecule has 0 fully saturated rings. The molecule has 0 aliphatic carbocycles. The normalized spacial score (nSPS) is 10.7. The van der Waals surface area contributed by atoms with E-state index in [0.29, 0.717) is 21.6 Å². The first-order chi connectivity index (χ1) is 12.5. The Kier molecular flexibility index (Phi) is 5.44. The number of pyridine rings is 1. The molecule has 0 spiro atoms. The lowest BCUT2D eigenvalue weighted by atomic mass is 10.2. The van der Waals surface area contributed by atoms with Gasteiger partial charge in [0.15, 0.2) is 19.0 Å². The fourth-order valence-electron chi connectivity index (χ4n) is 2.33. The number of nitrogens with zero attached hydrogens (tertiary/aromatic N) is 1. The minimum atomic E-state index is -0.697. The number of carbonyl (C=O) groups is 2. The third-order valence-corrected chi connectivity index (χ3v) is 4.17. The van der Waals surface area contributed by atoms with E-state index in [2.05, 4.69) is 9.97 Å². The summed E-state index contributed by atoms with van der Waals surface area (Å²) in [6.45, 7) is 1.03. The molecule has 0 amide bonds. The van der Waals surface area contributed by atoms with E-state index in [0.717, 1.165) is 5.69 Å². The first-order valence-electron chi connectivity index (χ1n) is 7.66. The van der Waals surface area contributed by atoms with E-state index in [1.807, 2.05) is 13.0 Å². The maximum Gasteiger partial charge on any atom is 0.344 e. The van der Waals surface area contributed by atoms with E-state index in [1.165, 1.54) is 6.07 Å². The van der Waals surface area contributed by atoms with Crippen LogP contribution in [0.4, 0.5) is 0 Å². The number of H-pyrrole nitrogens is 1. The van der Waals surface area contributed by atoms with E-state index in [1.54, 1.807) is 24.4 Å². The Morgan fingerprint density at radius 2 is 1.96 bits per heavy atom. The van der Waals surface area contributed by atoms with Crippen molar-refractivity contribution in [2.75, 3.05) is 13.2 Å². The van der Waals surface area contributed by atoms with Crippen molar-refractivity contribution in [3.63, 3.8) is 0 Å². The lowest BCUT2D eigenvalue weighted by Gasteiger charge is -2.12. The van der Waals surface area contributed by atoms with Gasteiger partial charge in [-0.05, 0) is 37.3 Å². The third kappa shape index (κ3) is 3.98. The van der Waals surface area contributed by atoms with Crippen molar-refractivity contribution in [3.05, 3.63) is 58.0 Å². The molecule has 6 nitrogen and oxygen atoms in total. The summed E-state index contributed by atoms with van der Waals surface area (Å²) in [5, 5.41) is 1.33. The molecule has 0 saturated heterocycles. The largest absolute Gasteiger partial charge is 0.478 e. The topological polar surface area (TPSA) is 81.3 Å². The highest BCUT2D eigenvalue weighted by atomic mass is 35.5. The second-order valence-corrected chi connectivity index (χ2v) is 6.29. The Bertz CT molecular complexity index is 971. The van der Waals surface area contributed by atoms with Crippen molar-refractivity contribution < 1.29 is 19.1 Å². The van der Waals surface area contributed by atoms with Gasteiger partial charge in [-0.25, -0.2) is 9.78 Å². The molecule has 134 valence electrons. The van der Waals surface area contributed by atoms with E-state index in [4.69, 9.17) is 32.7 Å². The van der Waals surface area contributed by atoms with Gasteiger partial charge < -0.3 is 14.5 Å². The highest BCUT2D eigenvalue weighted by Gasteiger charge is 2.16. The van der Waals surface area contributed by atoms with Crippen molar-refractivity contribution in [3.8, 4) is 5.75 Å². The van der Waals surface area contributed by atoms with E-state index < -0.39 is 12.6 Å². The average Bonchev–Trinajstić information content (AvgIpc) is 3.13. The summed E-state index contributed by atoms with van der Waals surface area (Å²) in [5.41, 5.74) is 1.57. The van der Waals surface area contributed by atoms with Crippen molar-refractivity contribution in [2.24, 2.45) is 0 Å². The van der Waals surface area contributed by atoms with Gasteiger partial charge in [0.2, 0.25) is 5.78 Å². The van der Waals surface area contributed by atoms with Crippen molar-refractivity contribution in [2.45, 2.75) is 6.92 Å². The van der Waals surface area contributed by atoms with Crippen LogP contribution in [0.25, 0.3) is 10.9 Å². The van der Waals surface area contributed by atoms with Gasteiger partial charge in [-0.2, -0.15) is 0 Å².